The van der Waals surface area contributed by atoms with Gasteiger partial charge in [0.25, 0.3) is 0 Å². The van der Waals surface area contributed by atoms with Crippen LogP contribution in [-0.4, -0.2) is 15.5 Å². The Balaban J connectivity index is 2.06. The smallest absolute Gasteiger partial charge is 0.244 e. The van der Waals surface area contributed by atoms with E-state index < -0.39 is 5.82 Å². The number of nitrogens with one attached hydrogen (secondary N) is 1. The number of halogens is 1. The Hall–Kier alpha value is -2.17. The summed E-state index contributed by atoms with van der Waals surface area (Å²) >= 11 is 0. The molecule has 0 saturated heterocycles. The monoisotopic (exact) mass is 247 g/mol. The number of aromatic nitrogens is 2. The molecule has 1 aromatic heterocycles. The SMILES string of the molecule is Cc1ncn(CC(=O)Nc2ccccc2F)c1C. The maximum atomic E-state index is 13.3. The Morgan fingerprint density at radius 1 is 1.39 bits per heavy atom. The van der Waals surface area contributed by atoms with Crippen LogP contribution in [0, 0.1) is 19.7 Å². The van der Waals surface area contributed by atoms with Crippen LogP contribution in [0.2, 0.25) is 0 Å². The number of imidazole rings is 1. The topological polar surface area (TPSA) is 46.9 Å². The lowest BCUT2D eigenvalue weighted by molar-refractivity contribution is -0.116. The molecule has 2 aromatic rings. The van der Waals surface area contributed by atoms with Gasteiger partial charge in [-0.1, -0.05) is 12.1 Å². The van der Waals surface area contributed by atoms with E-state index in [0.29, 0.717) is 0 Å². The summed E-state index contributed by atoms with van der Waals surface area (Å²) in [6, 6.07) is 6.08. The van der Waals surface area contributed by atoms with Crippen LogP contribution in [0.3, 0.4) is 0 Å². The molecule has 18 heavy (non-hydrogen) atoms. The first-order chi connectivity index (χ1) is 8.58. The largest absolute Gasteiger partial charge is 0.325 e. The molecule has 0 atom stereocenters. The van der Waals surface area contributed by atoms with Gasteiger partial charge < -0.3 is 9.88 Å². The molecule has 1 heterocycles. The number of amides is 1. The number of hydrogen-bond acceptors (Lipinski definition) is 2. The number of anilines is 1. The molecule has 1 aromatic carbocycles. The Morgan fingerprint density at radius 3 is 2.72 bits per heavy atom. The lowest BCUT2D eigenvalue weighted by Crippen LogP contribution is -2.19. The van der Waals surface area contributed by atoms with Crippen molar-refractivity contribution >= 4 is 11.6 Å². The van der Waals surface area contributed by atoms with Gasteiger partial charge >= 0.3 is 0 Å². The van der Waals surface area contributed by atoms with Gasteiger partial charge in [0, 0.05) is 5.69 Å². The molecular formula is C13H14FN3O. The van der Waals surface area contributed by atoms with Crippen LogP contribution in [0.15, 0.2) is 30.6 Å². The fourth-order valence-corrected chi connectivity index (χ4v) is 1.61. The van der Waals surface area contributed by atoms with E-state index in [-0.39, 0.29) is 18.1 Å². The lowest BCUT2D eigenvalue weighted by atomic mass is 10.3. The molecule has 0 spiro atoms. The second-order valence-corrected chi connectivity index (χ2v) is 4.07. The third-order valence-electron chi connectivity index (χ3n) is 2.81. The third kappa shape index (κ3) is 2.56. The Morgan fingerprint density at radius 2 is 2.11 bits per heavy atom. The van der Waals surface area contributed by atoms with Crippen molar-refractivity contribution in [3.63, 3.8) is 0 Å². The van der Waals surface area contributed by atoms with Crippen molar-refractivity contribution in [3.8, 4) is 0 Å². The van der Waals surface area contributed by atoms with E-state index in [1.54, 1.807) is 23.0 Å². The van der Waals surface area contributed by atoms with Crippen LogP contribution in [0.25, 0.3) is 0 Å². The van der Waals surface area contributed by atoms with Crippen LogP contribution in [0.4, 0.5) is 10.1 Å². The summed E-state index contributed by atoms with van der Waals surface area (Å²) in [4.78, 5) is 15.9. The van der Waals surface area contributed by atoms with Gasteiger partial charge in [-0.3, -0.25) is 4.79 Å². The highest BCUT2D eigenvalue weighted by molar-refractivity contribution is 5.90. The first-order valence-corrected chi connectivity index (χ1v) is 5.60. The normalized spacial score (nSPS) is 10.4. The quantitative estimate of drug-likeness (QED) is 0.904. The van der Waals surface area contributed by atoms with E-state index in [0.717, 1.165) is 11.4 Å². The number of nitrogens with zero attached hydrogens (tertiary/aromatic N) is 2. The van der Waals surface area contributed by atoms with E-state index in [2.05, 4.69) is 10.3 Å². The number of carbonyl (C=O) groups excluding carboxylic acids is 1. The highest BCUT2D eigenvalue weighted by Gasteiger charge is 2.09. The average Bonchev–Trinajstić information content (AvgIpc) is 2.64. The molecule has 0 aliphatic heterocycles. The molecule has 0 bridgehead atoms. The summed E-state index contributed by atoms with van der Waals surface area (Å²) in [7, 11) is 0. The van der Waals surface area contributed by atoms with Crippen LogP contribution in [0.5, 0.6) is 0 Å². The zero-order valence-corrected chi connectivity index (χ0v) is 10.3. The molecule has 0 radical (unpaired) electrons. The predicted octanol–water partition coefficient (Wildman–Crippen LogP) is 2.28. The summed E-state index contributed by atoms with van der Waals surface area (Å²) in [6.45, 7) is 3.89. The van der Waals surface area contributed by atoms with E-state index in [9.17, 15) is 9.18 Å². The maximum absolute atomic E-state index is 13.3. The number of rotatable bonds is 3. The molecule has 1 amide bonds. The molecule has 0 unspecified atom stereocenters. The Bertz CT molecular complexity index is 577. The maximum Gasteiger partial charge on any atom is 0.244 e. The van der Waals surface area contributed by atoms with E-state index in [1.165, 1.54) is 12.1 Å². The number of benzene rings is 1. The first-order valence-electron chi connectivity index (χ1n) is 5.60. The van der Waals surface area contributed by atoms with Crippen LogP contribution < -0.4 is 5.32 Å². The zero-order valence-electron chi connectivity index (χ0n) is 10.3. The summed E-state index contributed by atoms with van der Waals surface area (Å²) in [6.07, 6.45) is 1.60. The molecule has 0 saturated carbocycles. The highest BCUT2D eigenvalue weighted by atomic mass is 19.1. The molecular weight excluding hydrogens is 233 g/mol. The summed E-state index contributed by atoms with van der Waals surface area (Å²) in [5.74, 6) is -0.718. The van der Waals surface area contributed by atoms with Crippen molar-refractivity contribution in [2.45, 2.75) is 20.4 Å². The van der Waals surface area contributed by atoms with Crippen LogP contribution in [-0.2, 0) is 11.3 Å². The highest BCUT2D eigenvalue weighted by Crippen LogP contribution is 2.12. The average molecular weight is 247 g/mol. The van der Waals surface area contributed by atoms with Gasteiger partial charge in [0.05, 0.1) is 17.7 Å². The van der Waals surface area contributed by atoms with Crippen molar-refractivity contribution in [1.29, 1.82) is 0 Å². The van der Waals surface area contributed by atoms with Gasteiger partial charge in [0.1, 0.15) is 12.4 Å². The Kier molecular flexibility index (Phi) is 3.41. The zero-order chi connectivity index (χ0) is 13.1. The molecule has 4 nitrogen and oxygen atoms in total. The van der Waals surface area contributed by atoms with Gasteiger partial charge in [-0.25, -0.2) is 9.37 Å². The molecule has 2 rings (SSSR count). The minimum atomic E-state index is -0.440. The van der Waals surface area contributed by atoms with E-state index in [1.807, 2.05) is 13.8 Å². The standard InChI is InChI=1S/C13H14FN3O/c1-9-10(2)17(8-15-9)7-13(18)16-12-6-4-3-5-11(12)14/h3-6,8H,7H2,1-2H3,(H,16,18). The van der Waals surface area contributed by atoms with E-state index >= 15 is 0 Å². The van der Waals surface area contributed by atoms with Crippen molar-refractivity contribution in [1.82, 2.24) is 9.55 Å². The fraction of sp³-hybridized carbons (Fsp3) is 0.231. The van der Waals surface area contributed by atoms with Gasteiger partial charge in [-0.2, -0.15) is 0 Å². The van der Waals surface area contributed by atoms with Gasteiger partial charge in [0.2, 0.25) is 5.91 Å². The molecule has 1 N–H and O–H groups in total. The van der Waals surface area contributed by atoms with Gasteiger partial charge in [0.15, 0.2) is 0 Å². The number of hydrogen-bond donors (Lipinski definition) is 1. The number of carbonyl (C=O) groups is 1. The summed E-state index contributed by atoms with van der Waals surface area (Å²) in [5.41, 5.74) is 2.00. The summed E-state index contributed by atoms with van der Waals surface area (Å²) in [5, 5.41) is 2.53. The molecule has 0 aliphatic carbocycles. The van der Waals surface area contributed by atoms with Crippen molar-refractivity contribution < 1.29 is 9.18 Å². The van der Waals surface area contributed by atoms with Gasteiger partial charge in [-0.05, 0) is 26.0 Å². The molecule has 0 fully saturated rings. The van der Waals surface area contributed by atoms with Crippen molar-refractivity contribution in [2.24, 2.45) is 0 Å². The lowest BCUT2D eigenvalue weighted by Gasteiger charge is -2.08. The van der Waals surface area contributed by atoms with Crippen LogP contribution in [0.1, 0.15) is 11.4 Å². The third-order valence-corrected chi connectivity index (χ3v) is 2.81. The Labute approximate surface area is 104 Å². The van der Waals surface area contributed by atoms with Crippen molar-refractivity contribution in [3.05, 3.63) is 47.8 Å². The minimum Gasteiger partial charge on any atom is -0.325 e. The van der Waals surface area contributed by atoms with Crippen LogP contribution >= 0.6 is 0 Å². The van der Waals surface area contributed by atoms with E-state index in [4.69, 9.17) is 0 Å². The number of aryl methyl sites for hydroxylation is 1. The second kappa shape index (κ2) is 5.00. The minimum absolute atomic E-state index is 0.126. The first kappa shape index (κ1) is 12.3. The predicted molar refractivity (Wildman–Crippen MR) is 66.7 cm³/mol. The summed E-state index contributed by atoms with van der Waals surface area (Å²) < 4.78 is 15.1. The number of para-hydroxylation sites is 1. The van der Waals surface area contributed by atoms with Gasteiger partial charge in [-0.15, -0.1) is 0 Å². The van der Waals surface area contributed by atoms with Crippen molar-refractivity contribution in [2.75, 3.05) is 5.32 Å². The molecule has 94 valence electrons. The fourth-order valence-electron chi connectivity index (χ4n) is 1.61. The molecule has 0 aliphatic rings. The second-order valence-electron chi connectivity index (χ2n) is 4.07. The molecule has 5 heteroatoms.